The molecule has 5 heteroatoms. The van der Waals surface area contributed by atoms with Crippen LogP contribution in [0.5, 0.6) is 0 Å². The van der Waals surface area contributed by atoms with Crippen LogP contribution >= 0.6 is 47.0 Å². The number of rotatable bonds is 7. The van der Waals surface area contributed by atoms with Gasteiger partial charge in [0.05, 0.1) is 4.58 Å². The number of benzene rings is 2. The van der Waals surface area contributed by atoms with Crippen molar-refractivity contribution in [1.29, 1.82) is 0 Å². The molecule has 0 saturated carbocycles. The number of hydrogen-bond acceptors (Lipinski definition) is 5. The van der Waals surface area contributed by atoms with Gasteiger partial charge in [0.2, 0.25) is 5.12 Å². The number of thioether (sulfide) groups is 4. The standard InChI is InChI=1S/C20H22OS4/c1-3-19(21)24-13-23-14(2)11-16-12-22-20(25-16)18-10-6-8-15-7-4-5-9-17(15)18/h3-10,14,16,20H,1,11-13H2,2H3. The fraction of sp³-hybridized carbons (Fsp3) is 0.350. The molecule has 0 spiro atoms. The molecule has 0 aromatic heterocycles. The lowest BCUT2D eigenvalue weighted by Gasteiger charge is -2.16. The van der Waals surface area contributed by atoms with E-state index in [1.165, 1.54) is 46.3 Å². The van der Waals surface area contributed by atoms with Gasteiger partial charge in [0.15, 0.2) is 0 Å². The fourth-order valence-electron chi connectivity index (χ4n) is 2.90. The third-order valence-electron chi connectivity index (χ3n) is 4.14. The molecule has 0 radical (unpaired) electrons. The van der Waals surface area contributed by atoms with Crippen LogP contribution in [-0.4, -0.2) is 26.5 Å². The van der Waals surface area contributed by atoms with Crippen LogP contribution in [0.4, 0.5) is 0 Å². The highest BCUT2D eigenvalue weighted by molar-refractivity contribution is 8.24. The van der Waals surface area contributed by atoms with E-state index in [1.807, 2.05) is 11.8 Å². The SMILES string of the molecule is C=CC(=O)SCSC(C)CC1CSC(c2cccc3ccccc23)S1. The van der Waals surface area contributed by atoms with Crippen LogP contribution in [0.2, 0.25) is 0 Å². The van der Waals surface area contributed by atoms with Gasteiger partial charge >= 0.3 is 0 Å². The third kappa shape index (κ3) is 5.25. The number of carbonyl (C=O) groups is 1. The van der Waals surface area contributed by atoms with Gasteiger partial charge in [-0.25, -0.2) is 0 Å². The van der Waals surface area contributed by atoms with Gasteiger partial charge in [-0.05, 0) is 28.8 Å². The first-order chi connectivity index (χ1) is 12.2. The first-order valence-electron chi connectivity index (χ1n) is 8.33. The molecule has 1 heterocycles. The average Bonchev–Trinajstić information content (AvgIpc) is 3.09. The molecule has 1 aliphatic heterocycles. The lowest BCUT2D eigenvalue weighted by Crippen LogP contribution is -2.09. The zero-order valence-corrected chi connectivity index (χ0v) is 17.5. The molecular weight excluding hydrogens is 384 g/mol. The molecule has 0 aliphatic carbocycles. The smallest absolute Gasteiger partial charge is 0.212 e. The third-order valence-corrected chi connectivity index (χ3v) is 9.72. The molecule has 1 saturated heterocycles. The zero-order valence-electron chi connectivity index (χ0n) is 14.2. The predicted octanol–water partition coefficient (Wildman–Crippen LogP) is 6.60. The number of fused-ring (bicyclic) bond motifs is 1. The maximum absolute atomic E-state index is 11.3. The molecule has 0 N–H and O–H groups in total. The van der Waals surface area contributed by atoms with E-state index in [9.17, 15) is 4.79 Å². The summed E-state index contributed by atoms with van der Waals surface area (Å²) in [6.07, 6.45) is 2.60. The maximum atomic E-state index is 11.3. The fourth-order valence-corrected chi connectivity index (χ4v) is 8.75. The quantitative estimate of drug-likeness (QED) is 0.379. The van der Waals surface area contributed by atoms with Gasteiger partial charge in [-0.2, -0.15) is 0 Å². The van der Waals surface area contributed by atoms with Gasteiger partial charge in [0.1, 0.15) is 0 Å². The Morgan fingerprint density at radius 2 is 2.12 bits per heavy atom. The summed E-state index contributed by atoms with van der Waals surface area (Å²) in [6.45, 7) is 5.79. The van der Waals surface area contributed by atoms with Crippen molar-refractivity contribution in [2.75, 3.05) is 10.8 Å². The Morgan fingerprint density at radius 3 is 2.96 bits per heavy atom. The number of hydrogen-bond donors (Lipinski definition) is 0. The van der Waals surface area contributed by atoms with Crippen LogP contribution in [0, 0.1) is 0 Å². The van der Waals surface area contributed by atoms with E-state index in [2.05, 4.69) is 79.5 Å². The Kier molecular flexibility index (Phi) is 7.28. The van der Waals surface area contributed by atoms with E-state index in [-0.39, 0.29) is 5.12 Å². The Hall–Kier alpha value is -0.490. The summed E-state index contributed by atoms with van der Waals surface area (Å²) in [7, 11) is 0. The Morgan fingerprint density at radius 1 is 1.32 bits per heavy atom. The van der Waals surface area contributed by atoms with E-state index < -0.39 is 0 Å². The summed E-state index contributed by atoms with van der Waals surface area (Å²) in [5, 5.41) is 4.88. The molecule has 3 unspecified atom stereocenters. The summed E-state index contributed by atoms with van der Waals surface area (Å²) >= 11 is 7.42. The minimum absolute atomic E-state index is 0.0708. The highest BCUT2D eigenvalue weighted by Crippen LogP contribution is 2.52. The van der Waals surface area contributed by atoms with Crippen molar-refractivity contribution in [3.63, 3.8) is 0 Å². The minimum atomic E-state index is 0.0708. The maximum Gasteiger partial charge on any atom is 0.212 e. The molecule has 0 amide bonds. The average molecular weight is 407 g/mol. The number of carbonyl (C=O) groups excluding carboxylic acids is 1. The van der Waals surface area contributed by atoms with Crippen LogP contribution in [-0.2, 0) is 4.79 Å². The Bertz CT molecular complexity index is 740. The minimum Gasteiger partial charge on any atom is -0.282 e. The lowest BCUT2D eigenvalue weighted by atomic mass is 10.1. The van der Waals surface area contributed by atoms with Crippen LogP contribution < -0.4 is 0 Å². The van der Waals surface area contributed by atoms with Crippen LogP contribution in [0.25, 0.3) is 10.8 Å². The zero-order chi connectivity index (χ0) is 17.6. The van der Waals surface area contributed by atoms with Crippen molar-refractivity contribution in [3.05, 3.63) is 60.7 Å². The Labute approximate surface area is 167 Å². The largest absolute Gasteiger partial charge is 0.282 e. The summed E-state index contributed by atoms with van der Waals surface area (Å²) in [4.78, 5) is 11.3. The van der Waals surface area contributed by atoms with E-state index >= 15 is 0 Å². The molecule has 0 bridgehead atoms. The first kappa shape index (κ1) is 19.3. The topological polar surface area (TPSA) is 17.1 Å². The van der Waals surface area contributed by atoms with Crippen molar-refractivity contribution in [1.82, 2.24) is 0 Å². The van der Waals surface area contributed by atoms with Gasteiger partial charge < -0.3 is 0 Å². The summed E-state index contributed by atoms with van der Waals surface area (Å²) in [5.41, 5.74) is 1.46. The molecule has 3 atom stereocenters. The second-order valence-electron chi connectivity index (χ2n) is 5.99. The predicted molar refractivity (Wildman–Crippen MR) is 120 cm³/mol. The molecule has 3 rings (SSSR count). The molecule has 2 aromatic rings. The Balaban J connectivity index is 1.54. The monoisotopic (exact) mass is 406 g/mol. The van der Waals surface area contributed by atoms with Crippen molar-refractivity contribution in [2.24, 2.45) is 0 Å². The van der Waals surface area contributed by atoms with E-state index in [0.717, 1.165) is 5.08 Å². The van der Waals surface area contributed by atoms with Crippen molar-refractivity contribution in [3.8, 4) is 0 Å². The summed E-state index contributed by atoms with van der Waals surface area (Å²) in [5.74, 6) is 1.21. The van der Waals surface area contributed by atoms with Crippen molar-refractivity contribution < 1.29 is 4.79 Å². The highest BCUT2D eigenvalue weighted by Gasteiger charge is 2.29. The highest BCUT2D eigenvalue weighted by atomic mass is 32.2. The van der Waals surface area contributed by atoms with Gasteiger partial charge in [-0.15, -0.1) is 35.3 Å². The van der Waals surface area contributed by atoms with Crippen molar-refractivity contribution in [2.45, 2.75) is 28.4 Å². The van der Waals surface area contributed by atoms with Crippen molar-refractivity contribution >= 4 is 62.9 Å². The van der Waals surface area contributed by atoms with E-state index in [1.54, 1.807) is 0 Å². The second kappa shape index (κ2) is 9.45. The van der Waals surface area contributed by atoms with Gasteiger partial charge in [0.25, 0.3) is 0 Å². The van der Waals surface area contributed by atoms with Crippen LogP contribution in [0.15, 0.2) is 55.1 Å². The van der Waals surface area contributed by atoms with E-state index in [0.29, 0.717) is 15.1 Å². The summed E-state index contributed by atoms with van der Waals surface area (Å²) in [6, 6.07) is 15.3. The molecule has 25 heavy (non-hydrogen) atoms. The normalized spacial score (nSPS) is 21.3. The summed E-state index contributed by atoms with van der Waals surface area (Å²) < 4.78 is 0.532. The van der Waals surface area contributed by atoms with Gasteiger partial charge in [-0.3, -0.25) is 4.79 Å². The molecule has 1 nitrogen and oxygen atoms in total. The molecule has 1 fully saturated rings. The van der Waals surface area contributed by atoms with Crippen LogP contribution in [0.3, 0.4) is 0 Å². The molecule has 1 aliphatic rings. The van der Waals surface area contributed by atoms with Gasteiger partial charge in [-0.1, -0.05) is 67.7 Å². The van der Waals surface area contributed by atoms with Gasteiger partial charge in [0, 0.05) is 21.3 Å². The molecule has 132 valence electrons. The second-order valence-corrected chi connectivity index (χ2v) is 11.6. The first-order valence-corrected chi connectivity index (χ1v) is 12.4. The van der Waals surface area contributed by atoms with Crippen LogP contribution in [0.1, 0.15) is 23.5 Å². The van der Waals surface area contributed by atoms with E-state index in [4.69, 9.17) is 0 Å². The molecule has 2 aromatic carbocycles. The molecular formula is C20H22OS4. The lowest BCUT2D eigenvalue weighted by molar-refractivity contribution is -0.107.